The molecule has 3 aromatic carbocycles. The van der Waals surface area contributed by atoms with Crippen LogP contribution in [0.4, 0.5) is 0 Å². The molecular weight excluding hydrogens is 514 g/mol. The molecule has 7 heteroatoms. The number of para-hydroxylation sites is 1. The lowest BCUT2D eigenvalue weighted by molar-refractivity contribution is -0.139. The van der Waals surface area contributed by atoms with Gasteiger partial charge in [-0.15, -0.1) is 0 Å². The van der Waals surface area contributed by atoms with Crippen molar-refractivity contribution in [3.05, 3.63) is 124 Å². The number of nitrogens with zero attached hydrogens (tertiary/aromatic N) is 3. The van der Waals surface area contributed by atoms with Gasteiger partial charge in [-0.05, 0) is 61.2 Å². The summed E-state index contributed by atoms with van der Waals surface area (Å²) in [6.07, 6.45) is 1.58. The summed E-state index contributed by atoms with van der Waals surface area (Å²) in [6.45, 7) is 5.93. The minimum atomic E-state index is -0.474. The zero-order valence-corrected chi connectivity index (χ0v) is 23.1. The Hall–Kier alpha value is -4.78. The van der Waals surface area contributed by atoms with E-state index in [1.165, 1.54) is 0 Å². The Bertz CT molecular complexity index is 1670. The molecule has 7 nitrogen and oxygen atoms in total. The molecule has 2 bridgehead atoms. The van der Waals surface area contributed by atoms with E-state index in [-0.39, 0.29) is 30.3 Å². The highest BCUT2D eigenvalue weighted by atomic mass is 16.5. The van der Waals surface area contributed by atoms with E-state index in [1.54, 1.807) is 25.3 Å². The van der Waals surface area contributed by atoms with Crippen LogP contribution in [0.15, 0.2) is 84.0 Å². The molecule has 0 radical (unpaired) electrons. The molecule has 0 N–H and O–H groups in total. The van der Waals surface area contributed by atoms with Gasteiger partial charge in [-0.2, -0.15) is 10.1 Å². The van der Waals surface area contributed by atoms with E-state index in [4.69, 9.17) is 4.74 Å². The van der Waals surface area contributed by atoms with Crippen molar-refractivity contribution in [2.45, 2.75) is 32.6 Å². The van der Waals surface area contributed by atoms with E-state index in [0.717, 1.165) is 44.2 Å². The van der Waals surface area contributed by atoms with Crippen molar-refractivity contribution in [3.63, 3.8) is 0 Å². The molecule has 2 heterocycles. The number of ether oxygens (including phenoxy) is 1. The van der Waals surface area contributed by atoms with Crippen LogP contribution in [0, 0.1) is 25.7 Å². The minimum Gasteiger partial charge on any atom is -0.462 e. The van der Waals surface area contributed by atoms with Crippen LogP contribution in [-0.4, -0.2) is 40.2 Å². The van der Waals surface area contributed by atoms with E-state index in [9.17, 15) is 14.4 Å². The summed E-state index contributed by atoms with van der Waals surface area (Å²) in [5, 5.41) is 5.59. The first-order valence-electron chi connectivity index (χ1n) is 14.0. The average Bonchev–Trinajstić information content (AvgIpc) is 3.42. The predicted octanol–water partition coefficient (Wildman–Crippen LogP) is 5.50. The van der Waals surface area contributed by atoms with Crippen molar-refractivity contribution in [1.82, 2.24) is 9.58 Å². The van der Waals surface area contributed by atoms with Crippen LogP contribution >= 0.6 is 0 Å². The van der Waals surface area contributed by atoms with E-state index >= 15 is 0 Å². The first-order chi connectivity index (χ1) is 19.9. The first-order valence-corrected chi connectivity index (χ1v) is 14.0. The SMILES string of the molecule is CCOC(=O)c1ccccc1-n1c(C)cc(/C=N\N2C(=O)[C@H]3C4c5ccccc5C(c5ccccc54)[C@@H]3C2=O)c1C. The van der Waals surface area contributed by atoms with Crippen LogP contribution < -0.4 is 0 Å². The highest BCUT2D eigenvalue weighted by molar-refractivity contribution is 6.08. The lowest BCUT2D eigenvalue weighted by atomic mass is 9.55. The third-order valence-electron chi connectivity index (χ3n) is 8.85. The van der Waals surface area contributed by atoms with Crippen molar-refractivity contribution in [2.75, 3.05) is 6.61 Å². The molecule has 4 aliphatic rings. The van der Waals surface area contributed by atoms with Crippen molar-refractivity contribution in [3.8, 4) is 5.69 Å². The van der Waals surface area contributed by atoms with Crippen molar-refractivity contribution in [1.29, 1.82) is 0 Å². The zero-order valence-electron chi connectivity index (χ0n) is 23.1. The molecule has 0 saturated carbocycles. The lowest BCUT2D eigenvalue weighted by Gasteiger charge is -2.45. The topological polar surface area (TPSA) is 81.0 Å². The highest BCUT2D eigenvalue weighted by Gasteiger charge is 2.61. The number of hydrogen-bond acceptors (Lipinski definition) is 5. The Balaban J connectivity index is 1.25. The molecule has 204 valence electrons. The van der Waals surface area contributed by atoms with Crippen LogP contribution in [0.3, 0.4) is 0 Å². The van der Waals surface area contributed by atoms with Gasteiger partial charge >= 0.3 is 5.97 Å². The molecule has 8 rings (SSSR count). The van der Waals surface area contributed by atoms with Gasteiger partial charge in [0, 0.05) is 28.8 Å². The van der Waals surface area contributed by atoms with Crippen LogP contribution in [0.2, 0.25) is 0 Å². The number of rotatable bonds is 5. The number of carbonyl (C=O) groups is 3. The second-order valence-electron chi connectivity index (χ2n) is 10.9. The smallest absolute Gasteiger partial charge is 0.340 e. The molecule has 41 heavy (non-hydrogen) atoms. The average molecular weight is 544 g/mol. The van der Waals surface area contributed by atoms with Crippen LogP contribution in [-0.2, 0) is 14.3 Å². The van der Waals surface area contributed by atoms with Crippen molar-refractivity contribution < 1.29 is 19.1 Å². The Morgan fingerprint density at radius 3 is 1.88 bits per heavy atom. The number of hydrogen-bond donors (Lipinski definition) is 0. The van der Waals surface area contributed by atoms with Crippen molar-refractivity contribution >= 4 is 24.0 Å². The maximum absolute atomic E-state index is 13.9. The van der Waals surface area contributed by atoms with Crippen molar-refractivity contribution in [2.24, 2.45) is 16.9 Å². The second-order valence-corrected chi connectivity index (χ2v) is 10.9. The summed E-state index contributed by atoms with van der Waals surface area (Å²) in [5.41, 5.74) is 8.17. The molecule has 1 saturated heterocycles. The molecule has 1 aromatic heterocycles. The molecular formula is C34H29N3O4. The number of benzene rings is 3. The molecule has 3 aliphatic carbocycles. The van der Waals surface area contributed by atoms with Gasteiger partial charge in [0.2, 0.25) is 0 Å². The number of imide groups is 1. The quantitative estimate of drug-likeness (QED) is 0.189. The van der Waals surface area contributed by atoms with E-state index in [0.29, 0.717) is 11.3 Å². The molecule has 0 spiro atoms. The number of hydrazone groups is 1. The lowest BCUT2D eigenvalue weighted by Crippen LogP contribution is -2.41. The van der Waals surface area contributed by atoms with Gasteiger partial charge in [0.25, 0.3) is 11.8 Å². The Kier molecular flexibility index (Phi) is 5.78. The fraction of sp³-hybridized carbons (Fsp3) is 0.235. The third kappa shape index (κ3) is 3.58. The first kappa shape index (κ1) is 25.2. The van der Waals surface area contributed by atoms with Gasteiger partial charge < -0.3 is 9.30 Å². The van der Waals surface area contributed by atoms with Gasteiger partial charge in [0.05, 0.1) is 35.9 Å². The zero-order chi connectivity index (χ0) is 28.4. The van der Waals surface area contributed by atoms with Gasteiger partial charge in [0.15, 0.2) is 0 Å². The largest absolute Gasteiger partial charge is 0.462 e. The summed E-state index contributed by atoms with van der Waals surface area (Å²) in [6, 6.07) is 25.6. The molecule has 2 amide bonds. The maximum Gasteiger partial charge on any atom is 0.340 e. The third-order valence-corrected chi connectivity index (χ3v) is 8.85. The highest BCUT2D eigenvalue weighted by Crippen LogP contribution is 2.60. The number of aromatic nitrogens is 1. The number of carbonyl (C=O) groups excluding carboxylic acids is 3. The van der Waals surface area contributed by atoms with Gasteiger partial charge in [-0.25, -0.2) is 4.79 Å². The fourth-order valence-corrected chi connectivity index (χ4v) is 7.23. The Labute approximate surface area is 238 Å². The Morgan fingerprint density at radius 1 is 0.829 bits per heavy atom. The molecule has 1 aliphatic heterocycles. The monoisotopic (exact) mass is 543 g/mol. The number of amides is 2. The summed E-state index contributed by atoms with van der Waals surface area (Å²) in [7, 11) is 0. The number of esters is 1. The maximum atomic E-state index is 13.9. The Morgan fingerprint density at radius 2 is 1.34 bits per heavy atom. The van der Waals surface area contributed by atoms with Crippen LogP contribution in [0.5, 0.6) is 0 Å². The summed E-state index contributed by atoms with van der Waals surface area (Å²) < 4.78 is 7.24. The molecule has 2 atom stereocenters. The van der Waals surface area contributed by atoms with Crippen LogP contribution in [0.25, 0.3) is 5.69 Å². The standard InChI is InChI=1S/C34H29N3O4/c1-4-41-34(40)26-15-9-10-16-27(26)36-19(2)17-21(20(36)3)18-35-37-32(38)30-28-22-11-5-6-12-23(22)29(31(30)33(37)39)25-14-8-7-13-24(25)28/h5-18,28-31H,4H2,1-3H3/b35-18-/t28?,29?,30-,31-/m0/s1. The number of aryl methyl sites for hydroxylation is 1. The van der Waals surface area contributed by atoms with E-state index < -0.39 is 17.8 Å². The minimum absolute atomic E-state index is 0.168. The second kappa shape index (κ2) is 9.41. The fourth-order valence-electron chi connectivity index (χ4n) is 7.23. The summed E-state index contributed by atoms with van der Waals surface area (Å²) >= 11 is 0. The molecule has 0 unspecified atom stereocenters. The van der Waals surface area contributed by atoms with Gasteiger partial charge in [0.1, 0.15) is 0 Å². The normalized spacial score (nSPS) is 22.2. The summed E-state index contributed by atoms with van der Waals surface area (Å²) in [4.78, 5) is 40.4. The molecule has 4 aromatic rings. The van der Waals surface area contributed by atoms with Gasteiger partial charge in [-0.3, -0.25) is 9.59 Å². The predicted molar refractivity (Wildman–Crippen MR) is 154 cm³/mol. The van der Waals surface area contributed by atoms with E-state index in [2.05, 4.69) is 29.4 Å². The molecule has 1 fully saturated rings. The van der Waals surface area contributed by atoms with Gasteiger partial charge in [-0.1, -0.05) is 60.7 Å². The summed E-state index contributed by atoms with van der Waals surface area (Å²) in [5.74, 6) is -2.18. The van der Waals surface area contributed by atoms with Crippen LogP contribution in [0.1, 0.15) is 68.3 Å². The van der Waals surface area contributed by atoms with E-state index in [1.807, 2.05) is 60.9 Å².